The molecule has 2 N–H and O–H groups in total. The summed E-state index contributed by atoms with van der Waals surface area (Å²) < 4.78 is 0. The van der Waals surface area contributed by atoms with Crippen LogP contribution in [-0.4, -0.2) is 21.2 Å². The molecule has 0 atom stereocenters. The van der Waals surface area contributed by atoms with Gasteiger partial charge in [0.1, 0.15) is 0 Å². The molecule has 1 rings (SSSR count). The van der Waals surface area contributed by atoms with Gasteiger partial charge < -0.3 is 10.4 Å². The molecule has 1 heterocycles. The number of aliphatic hydroxyl groups is 1. The average molecular weight is 243 g/mol. The quantitative estimate of drug-likeness (QED) is 0.852. The average Bonchev–Trinajstić information content (AvgIpc) is 2.15. The molecule has 1 aromatic rings. The van der Waals surface area contributed by atoms with Crippen LogP contribution in [0.1, 0.15) is 33.3 Å². The SMILES string of the molecule is CC(C)(O)C(C)(C)NCc1ccncc1Cl. The van der Waals surface area contributed by atoms with Gasteiger partial charge in [-0.1, -0.05) is 11.6 Å². The lowest BCUT2D eigenvalue weighted by atomic mass is 9.86. The van der Waals surface area contributed by atoms with E-state index in [-0.39, 0.29) is 5.54 Å². The van der Waals surface area contributed by atoms with Crippen molar-refractivity contribution in [2.24, 2.45) is 0 Å². The molecule has 0 saturated carbocycles. The van der Waals surface area contributed by atoms with Crippen LogP contribution >= 0.6 is 11.6 Å². The molecule has 0 spiro atoms. The van der Waals surface area contributed by atoms with Crippen molar-refractivity contribution in [2.45, 2.75) is 45.4 Å². The topological polar surface area (TPSA) is 45.1 Å². The van der Waals surface area contributed by atoms with Gasteiger partial charge in [-0.3, -0.25) is 4.98 Å². The third-order valence-corrected chi connectivity index (χ3v) is 3.45. The third kappa shape index (κ3) is 3.17. The standard InChI is InChI=1S/C12H19ClN2O/c1-11(2,12(3,4)16)15-7-9-5-6-14-8-10(9)13/h5-6,8,15-16H,7H2,1-4H3. The van der Waals surface area contributed by atoms with Gasteiger partial charge in [0.25, 0.3) is 0 Å². The Morgan fingerprint density at radius 3 is 2.50 bits per heavy atom. The minimum Gasteiger partial charge on any atom is -0.389 e. The van der Waals surface area contributed by atoms with Crippen molar-refractivity contribution in [1.82, 2.24) is 10.3 Å². The largest absolute Gasteiger partial charge is 0.389 e. The first-order chi connectivity index (χ1) is 7.24. The van der Waals surface area contributed by atoms with E-state index < -0.39 is 5.60 Å². The number of hydrogen-bond donors (Lipinski definition) is 2. The lowest BCUT2D eigenvalue weighted by molar-refractivity contribution is -0.00531. The summed E-state index contributed by atoms with van der Waals surface area (Å²) in [6.45, 7) is 8.10. The number of nitrogens with one attached hydrogen (secondary N) is 1. The summed E-state index contributed by atoms with van der Waals surface area (Å²) in [5.74, 6) is 0. The van der Waals surface area contributed by atoms with Gasteiger partial charge in [0.05, 0.1) is 10.6 Å². The lowest BCUT2D eigenvalue weighted by Gasteiger charge is -2.38. The normalized spacial score (nSPS) is 12.9. The Labute approximate surface area is 102 Å². The Bertz CT molecular complexity index is 358. The molecule has 0 radical (unpaired) electrons. The van der Waals surface area contributed by atoms with Gasteiger partial charge in [-0.15, -0.1) is 0 Å². The van der Waals surface area contributed by atoms with Crippen LogP contribution in [0.4, 0.5) is 0 Å². The molecule has 0 saturated heterocycles. The maximum atomic E-state index is 9.98. The molecular weight excluding hydrogens is 224 g/mol. The fraction of sp³-hybridized carbons (Fsp3) is 0.583. The van der Waals surface area contributed by atoms with Gasteiger partial charge in [0, 0.05) is 24.5 Å². The predicted molar refractivity (Wildman–Crippen MR) is 66.5 cm³/mol. The van der Waals surface area contributed by atoms with Gasteiger partial charge in [0.15, 0.2) is 0 Å². The number of aromatic nitrogens is 1. The van der Waals surface area contributed by atoms with Gasteiger partial charge in [-0.2, -0.15) is 0 Å². The molecular formula is C12H19ClN2O. The van der Waals surface area contributed by atoms with Crippen molar-refractivity contribution in [1.29, 1.82) is 0 Å². The summed E-state index contributed by atoms with van der Waals surface area (Å²) in [6, 6.07) is 1.87. The number of nitrogens with zero attached hydrogens (tertiary/aromatic N) is 1. The highest BCUT2D eigenvalue weighted by Gasteiger charge is 2.34. The summed E-state index contributed by atoms with van der Waals surface area (Å²) in [5.41, 5.74) is -0.208. The smallest absolute Gasteiger partial charge is 0.0767 e. The fourth-order valence-electron chi connectivity index (χ4n) is 1.08. The number of halogens is 1. The van der Waals surface area contributed by atoms with E-state index in [0.29, 0.717) is 11.6 Å². The van der Waals surface area contributed by atoms with Crippen molar-refractivity contribution < 1.29 is 5.11 Å². The van der Waals surface area contributed by atoms with Gasteiger partial charge in [-0.25, -0.2) is 0 Å². The molecule has 90 valence electrons. The van der Waals surface area contributed by atoms with Crippen LogP contribution in [0.25, 0.3) is 0 Å². The van der Waals surface area contributed by atoms with Crippen LogP contribution in [0.15, 0.2) is 18.5 Å². The maximum absolute atomic E-state index is 9.98. The Morgan fingerprint density at radius 1 is 1.38 bits per heavy atom. The zero-order valence-corrected chi connectivity index (χ0v) is 11.0. The van der Waals surface area contributed by atoms with Crippen molar-refractivity contribution >= 4 is 11.6 Å². The molecule has 0 aliphatic heterocycles. The zero-order chi connectivity index (χ0) is 12.4. The minimum absolute atomic E-state index is 0.389. The minimum atomic E-state index is -0.799. The van der Waals surface area contributed by atoms with Crippen molar-refractivity contribution in [3.8, 4) is 0 Å². The van der Waals surface area contributed by atoms with Crippen LogP contribution in [0, 0.1) is 0 Å². The van der Waals surface area contributed by atoms with Crippen LogP contribution in [0.5, 0.6) is 0 Å². The second kappa shape index (κ2) is 4.70. The molecule has 0 bridgehead atoms. The number of hydrogen-bond acceptors (Lipinski definition) is 3. The Morgan fingerprint density at radius 2 is 2.00 bits per heavy atom. The monoisotopic (exact) mass is 242 g/mol. The lowest BCUT2D eigenvalue weighted by Crippen LogP contribution is -2.55. The van der Waals surface area contributed by atoms with E-state index in [0.717, 1.165) is 5.56 Å². The van der Waals surface area contributed by atoms with Crippen LogP contribution < -0.4 is 5.32 Å². The molecule has 1 aromatic heterocycles. The predicted octanol–water partition coefficient (Wildman–Crippen LogP) is 2.37. The molecule has 0 aliphatic carbocycles. The third-order valence-electron chi connectivity index (χ3n) is 3.11. The van der Waals surface area contributed by atoms with Crippen LogP contribution in [0.3, 0.4) is 0 Å². The van der Waals surface area contributed by atoms with Crippen molar-refractivity contribution in [3.05, 3.63) is 29.0 Å². The molecule has 4 heteroatoms. The van der Waals surface area contributed by atoms with Gasteiger partial charge >= 0.3 is 0 Å². The highest BCUT2D eigenvalue weighted by atomic mass is 35.5. The molecule has 3 nitrogen and oxygen atoms in total. The van der Waals surface area contributed by atoms with E-state index >= 15 is 0 Å². The summed E-state index contributed by atoms with van der Waals surface area (Å²) in [5, 5.41) is 13.9. The van der Waals surface area contributed by atoms with E-state index in [1.807, 2.05) is 19.9 Å². The number of rotatable bonds is 4. The van der Waals surface area contributed by atoms with E-state index in [4.69, 9.17) is 11.6 Å². The van der Waals surface area contributed by atoms with E-state index in [9.17, 15) is 5.11 Å². The Kier molecular flexibility index (Phi) is 3.94. The van der Waals surface area contributed by atoms with Gasteiger partial charge in [-0.05, 0) is 39.3 Å². The second-order valence-electron chi connectivity index (χ2n) is 5.00. The van der Waals surface area contributed by atoms with E-state index in [1.54, 1.807) is 26.2 Å². The molecule has 0 unspecified atom stereocenters. The van der Waals surface area contributed by atoms with Gasteiger partial charge in [0.2, 0.25) is 0 Å². The Hall–Kier alpha value is -0.640. The summed E-state index contributed by atoms with van der Waals surface area (Å²) in [7, 11) is 0. The van der Waals surface area contributed by atoms with Crippen LogP contribution in [0.2, 0.25) is 5.02 Å². The maximum Gasteiger partial charge on any atom is 0.0767 e. The second-order valence-corrected chi connectivity index (χ2v) is 5.41. The zero-order valence-electron chi connectivity index (χ0n) is 10.2. The molecule has 0 aromatic carbocycles. The first kappa shape index (κ1) is 13.4. The molecule has 16 heavy (non-hydrogen) atoms. The summed E-state index contributed by atoms with van der Waals surface area (Å²) in [4.78, 5) is 3.93. The number of pyridine rings is 1. The summed E-state index contributed by atoms with van der Waals surface area (Å²) in [6.07, 6.45) is 3.33. The first-order valence-electron chi connectivity index (χ1n) is 5.30. The van der Waals surface area contributed by atoms with Crippen molar-refractivity contribution in [3.63, 3.8) is 0 Å². The Balaban J connectivity index is 2.69. The highest BCUT2D eigenvalue weighted by molar-refractivity contribution is 6.31. The van der Waals surface area contributed by atoms with E-state index in [2.05, 4.69) is 10.3 Å². The summed E-state index contributed by atoms with van der Waals surface area (Å²) >= 11 is 6.00. The van der Waals surface area contributed by atoms with Crippen molar-refractivity contribution in [2.75, 3.05) is 0 Å². The van der Waals surface area contributed by atoms with E-state index in [1.165, 1.54) is 0 Å². The molecule has 0 aliphatic rings. The van der Waals surface area contributed by atoms with Crippen LogP contribution in [-0.2, 0) is 6.54 Å². The first-order valence-corrected chi connectivity index (χ1v) is 5.67. The molecule has 0 amide bonds. The fourth-order valence-corrected chi connectivity index (χ4v) is 1.27. The molecule has 0 fully saturated rings. The highest BCUT2D eigenvalue weighted by Crippen LogP contribution is 2.22.